The van der Waals surface area contributed by atoms with Gasteiger partial charge in [0, 0.05) is 19.0 Å². The van der Waals surface area contributed by atoms with Gasteiger partial charge in [-0.25, -0.2) is 0 Å². The van der Waals surface area contributed by atoms with Gasteiger partial charge in [0.2, 0.25) is 5.91 Å². The van der Waals surface area contributed by atoms with Gasteiger partial charge < -0.3 is 16.0 Å². The molecule has 3 N–H and O–H groups in total. The molecule has 0 aromatic rings. The molecule has 0 rings (SSSR count). The molecule has 0 bridgehead atoms. The molecule has 0 saturated carbocycles. The molecule has 4 heteroatoms. The summed E-state index contributed by atoms with van der Waals surface area (Å²) in [7, 11) is 2.11. The monoisotopic (exact) mass is 257 g/mol. The number of amides is 1. The topological polar surface area (TPSA) is 58.4 Å². The third kappa shape index (κ3) is 9.42. The van der Waals surface area contributed by atoms with Crippen LogP contribution < -0.4 is 11.1 Å². The fraction of sp³-hybridized carbons (Fsp3) is 0.929. The quantitative estimate of drug-likeness (QED) is 0.584. The zero-order valence-electron chi connectivity index (χ0n) is 12.5. The molecular formula is C14H31N3O. The van der Waals surface area contributed by atoms with E-state index in [4.69, 9.17) is 5.73 Å². The highest BCUT2D eigenvalue weighted by atomic mass is 16.1. The van der Waals surface area contributed by atoms with Crippen molar-refractivity contribution in [2.75, 3.05) is 26.7 Å². The van der Waals surface area contributed by atoms with Gasteiger partial charge in [-0.15, -0.1) is 0 Å². The normalized spacial score (nSPS) is 13.1. The molecule has 0 aliphatic carbocycles. The van der Waals surface area contributed by atoms with Crippen LogP contribution in [0.3, 0.4) is 0 Å². The van der Waals surface area contributed by atoms with Crippen molar-refractivity contribution in [3.05, 3.63) is 0 Å². The number of rotatable bonds is 10. The molecule has 0 heterocycles. The second-order valence-corrected chi connectivity index (χ2v) is 5.50. The van der Waals surface area contributed by atoms with E-state index in [0.29, 0.717) is 24.9 Å². The van der Waals surface area contributed by atoms with E-state index in [9.17, 15) is 4.79 Å². The van der Waals surface area contributed by atoms with Crippen LogP contribution in [0.25, 0.3) is 0 Å². The molecule has 1 unspecified atom stereocenters. The van der Waals surface area contributed by atoms with Crippen molar-refractivity contribution in [1.82, 2.24) is 10.2 Å². The Balaban J connectivity index is 3.48. The van der Waals surface area contributed by atoms with E-state index in [1.54, 1.807) is 0 Å². The Labute approximate surface area is 112 Å². The molecule has 0 saturated heterocycles. The van der Waals surface area contributed by atoms with Crippen LogP contribution in [0.2, 0.25) is 0 Å². The first-order valence-electron chi connectivity index (χ1n) is 7.14. The number of nitrogens with two attached hydrogens (primary N) is 1. The van der Waals surface area contributed by atoms with E-state index in [-0.39, 0.29) is 5.91 Å². The molecule has 0 radical (unpaired) electrons. The summed E-state index contributed by atoms with van der Waals surface area (Å²) in [5.74, 6) is 0.721. The molecule has 1 amide bonds. The van der Waals surface area contributed by atoms with Crippen molar-refractivity contribution in [3.63, 3.8) is 0 Å². The van der Waals surface area contributed by atoms with E-state index in [1.807, 2.05) is 0 Å². The minimum absolute atomic E-state index is 0.172. The molecule has 0 spiro atoms. The predicted octanol–water partition coefficient (Wildman–Crippen LogP) is 1.60. The summed E-state index contributed by atoms with van der Waals surface area (Å²) in [6.45, 7) is 9.03. The first-order chi connectivity index (χ1) is 8.47. The van der Waals surface area contributed by atoms with Gasteiger partial charge in [-0.2, -0.15) is 0 Å². The zero-order valence-corrected chi connectivity index (χ0v) is 12.5. The van der Waals surface area contributed by atoms with Crippen LogP contribution in [0.4, 0.5) is 0 Å². The number of carbonyl (C=O) groups is 1. The molecule has 4 nitrogen and oxygen atoms in total. The summed E-state index contributed by atoms with van der Waals surface area (Å²) in [4.78, 5) is 13.9. The fourth-order valence-electron chi connectivity index (χ4n) is 1.71. The second-order valence-electron chi connectivity index (χ2n) is 5.50. The maximum Gasteiger partial charge on any atom is 0.220 e. The van der Waals surface area contributed by atoms with Gasteiger partial charge in [0.05, 0.1) is 0 Å². The van der Waals surface area contributed by atoms with Crippen LogP contribution in [-0.2, 0) is 4.79 Å². The first kappa shape index (κ1) is 17.4. The smallest absolute Gasteiger partial charge is 0.220 e. The lowest BCUT2D eigenvalue weighted by Gasteiger charge is -2.20. The highest BCUT2D eigenvalue weighted by Gasteiger charge is 2.06. The first-order valence-corrected chi connectivity index (χ1v) is 7.14. The highest BCUT2D eigenvalue weighted by molar-refractivity contribution is 5.75. The van der Waals surface area contributed by atoms with Gasteiger partial charge in [-0.1, -0.05) is 6.92 Å². The number of carbonyl (C=O) groups excluding carboxylic acids is 1. The molecular weight excluding hydrogens is 226 g/mol. The Morgan fingerprint density at radius 3 is 2.50 bits per heavy atom. The molecule has 0 aromatic carbocycles. The fourth-order valence-corrected chi connectivity index (χ4v) is 1.71. The molecule has 0 fully saturated rings. The van der Waals surface area contributed by atoms with Gasteiger partial charge in [0.1, 0.15) is 0 Å². The van der Waals surface area contributed by atoms with E-state index in [2.05, 4.69) is 38.0 Å². The van der Waals surface area contributed by atoms with Crippen molar-refractivity contribution in [1.29, 1.82) is 0 Å². The van der Waals surface area contributed by atoms with Gasteiger partial charge in [0.25, 0.3) is 0 Å². The van der Waals surface area contributed by atoms with Crippen LogP contribution in [0.5, 0.6) is 0 Å². The van der Waals surface area contributed by atoms with Gasteiger partial charge >= 0.3 is 0 Å². The average molecular weight is 257 g/mol. The molecule has 0 aliphatic rings. The van der Waals surface area contributed by atoms with E-state index >= 15 is 0 Å². The third-order valence-corrected chi connectivity index (χ3v) is 3.41. The minimum Gasteiger partial charge on any atom is -0.356 e. The van der Waals surface area contributed by atoms with Crippen LogP contribution in [0.1, 0.15) is 46.5 Å². The molecule has 18 heavy (non-hydrogen) atoms. The van der Waals surface area contributed by atoms with Crippen molar-refractivity contribution >= 4 is 5.91 Å². The minimum atomic E-state index is 0.172. The van der Waals surface area contributed by atoms with Crippen LogP contribution >= 0.6 is 0 Å². The average Bonchev–Trinajstić information content (AvgIpc) is 2.32. The lowest BCUT2D eigenvalue weighted by molar-refractivity contribution is -0.121. The van der Waals surface area contributed by atoms with E-state index < -0.39 is 0 Å². The van der Waals surface area contributed by atoms with Gasteiger partial charge in [-0.05, 0) is 59.2 Å². The SMILES string of the molecule is CC(CCN)CCC(=O)NCCCN(C)C(C)C. The summed E-state index contributed by atoms with van der Waals surface area (Å²) in [5.41, 5.74) is 5.48. The Kier molecular flexibility index (Phi) is 9.98. The number of nitrogens with one attached hydrogen (secondary N) is 1. The predicted molar refractivity (Wildman–Crippen MR) is 77.5 cm³/mol. The molecule has 1 atom stereocenters. The number of hydrogen-bond acceptors (Lipinski definition) is 3. The maximum atomic E-state index is 11.6. The van der Waals surface area contributed by atoms with E-state index in [1.165, 1.54) is 0 Å². The lowest BCUT2D eigenvalue weighted by Crippen LogP contribution is -2.31. The Bertz CT molecular complexity index is 219. The van der Waals surface area contributed by atoms with Crippen molar-refractivity contribution < 1.29 is 4.79 Å². The van der Waals surface area contributed by atoms with Gasteiger partial charge in [-0.3, -0.25) is 4.79 Å². The number of hydrogen-bond donors (Lipinski definition) is 2. The van der Waals surface area contributed by atoms with Crippen molar-refractivity contribution in [2.24, 2.45) is 11.7 Å². The van der Waals surface area contributed by atoms with Crippen LogP contribution in [-0.4, -0.2) is 43.5 Å². The lowest BCUT2D eigenvalue weighted by atomic mass is 10.0. The summed E-state index contributed by atoms with van der Waals surface area (Å²) < 4.78 is 0. The van der Waals surface area contributed by atoms with Crippen LogP contribution in [0, 0.1) is 5.92 Å². The summed E-state index contributed by atoms with van der Waals surface area (Å²) >= 11 is 0. The van der Waals surface area contributed by atoms with Crippen molar-refractivity contribution in [2.45, 2.75) is 52.5 Å². The van der Waals surface area contributed by atoms with E-state index in [0.717, 1.165) is 32.4 Å². The summed E-state index contributed by atoms with van der Waals surface area (Å²) in [6, 6.07) is 0.567. The Morgan fingerprint density at radius 2 is 1.94 bits per heavy atom. The Hall–Kier alpha value is -0.610. The third-order valence-electron chi connectivity index (χ3n) is 3.41. The van der Waals surface area contributed by atoms with Crippen LogP contribution in [0.15, 0.2) is 0 Å². The summed E-state index contributed by atoms with van der Waals surface area (Å²) in [5, 5.41) is 2.98. The number of nitrogens with zero attached hydrogens (tertiary/aromatic N) is 1. The zero-order chi connectivity index (χ0) is 14.0. The molecule has 0 aliphatic heterocycles. The van der Waals surface area contributed by atoms with Gasteiger partial charge in [0.15, 0.2) is 0 Å². The summed E-state index contributed by atoms with van der Waals surface area (Å²) in [6.07, 6.45) is 3.58. The molecule has 0 aromatic heterocycles. The standard InChI is InChI=1S/C14H31N3O/c1-12(2)17(4)11-5-10-16-14(18)7-6-13(3)8-9-15/h12-13H,5-11,15H2,1-4H3,(H,16,18). The highest BCUT2D eigenvalue weighted by Crippen LogP contribution is 2.08. The maximum absolute atomic E-state index is 11.6. The largest absolute Gasteiger partial charge is 0.356 e. The second kappa shape index (κ2) is 10.3. The Morgan fingerprint density at radius 1 is 1.28 bits per heavy atom. The molecule has 108 valence electrons. The van der Waals surface area contributed by atoms with Crippen molar-refractivity contribution in [3.8, 4) is 0 Å².